The van der Waals surface area contributed by atoms with Gasteiger partial charge in [0, 0.05) is 31.7 Å². The maximum absolute atomic E-state index is 5.36. The first kappa shape index (κ1) is 17.5. The molecule has 146 valence electrons. The van der Waals surface area contributed by atoms with Crippen molar-refractivity contribution in [2.24, 2.45) is 0 Å². The molecule has 2 aliphatic rings. The van der Waals surface area contributed by atoms with Gasteiger partial charge in [0.2, 0.25) is 5.88 Å². The molecule has 0 bridgehead atoms. The van der Waals surface area contributed by atoms with Crippen LogP contribution in [-0.2, 0) is 6.54 Å². The van der Waals surface area contributed by atoms with Crippen LogP contribution in [-0.4, -0.2) is 47.3 Å². The third-order valence-electron chi connectivity index (χ3n) is 5.93. The monoisotopic (exact) mass is 377 g/mol. The second-order valence-corrected chi connectivity index (χ2v) is 7.74. The first-order valence-corrected chi connectivity index (χ1v) is 10.3. The molecule has 0 radical (unpaired) electrons. The lowest BCUT2D eigenvalue weighted by atomic mass is 10.2. The van der Waals surface area contributed by atoms with Crippen LogP contribution in [0.5, 0.6) is 5.88 Å². The summed E-state index contributed by atoms with van der Waals surface area (Å²) in [6, 6.07) is 12.9. The Morgan fingerprint density at radius 3 is 2.71 bits per heavy atom. The van der Waals surface area contributed by atoms with Crippen molar-refractivity contribution in [3.63, 3.8) is 0 Å². The van der Waals surface area contributed by atoms with E-state index in [0.717, 1.165) is 43.2 Å². The van der Waals surface area contributed by atoms with Crippen LogP contribution >= 0.6 is 0 Å². The van der Waals surface area contributed by atoms with Crippen LogP contribution < -0.4 is 15.0 Å². The van der Waals surface area contributed by atoms with E-state index in [1.54, 1.807) is 7.11 Å². The highest BCUT2D eigenvalue weighted by atomic mass is 16.5. The predicted molar refractivity (Wildman–Crippen MR) is 112 cm³/mol. The number of benzene rings is 1. The number of pyridine rings is 1. The molecule has 2 aromatic heterocycles. The minimum absolute atomic E-state index is 0.484. The molecule has 0 saturated carbocycles. The Morgan fingerprint density at radius 2 is 1.93 bits per heavy atom. The summed E-state index contributed by atoms with van der Waals surface area (Å²) in [7, 11) is 1.66. The number of rotatable bonds is 5. The molecule has 2 fully saturated rings. The molecule has 28 heavy (non-hydrogen) atoms. The molecule has 2 saturated heterocycles. The third-order valence-corrected chi connectivity index (χ3v) is 5.93. The van der Waals surface area contributed by atoms with Gasteiger partial charge < -0.3 is 19.5 Å². The Balaban J connectivity index is 1.66. The molecular weight excluding hydrogens is 350 g/mol. The van der Waals surface area contributed by atoms with Gasteiger partial charge in [-0.15, -0.1) is 0 Å². The van der Waals surface area contributed by atoms with Crippen molar-refractivity contribution in [3.8, 4) is 17.4 Å². The number of imidazole rings is 1. The second-order valence-electron chi connectivity index (χ2n) is 7.74. The molecule has 3 aromatic rings. The average molecular weight is 377 g/mol. The molecule has 0 aliphatic carbocycles. The fourth-order valence-corrected chi connectivity index (χ4v) is 4.51. The molecule has 6 nitrogen and oxygen atoms in total. The number of para-hydroxylation sites is 1. The number of nitrogens with zero attached hydrogens (tertiary/aromatic N) is 4. The summed E-state index contributed by atoms with van der Waals surface area (Å²) >= 11 is 0. The average Bonchev–Trinajstić information content (AvgIpc) is 3.50. The second kappa shape index (κ2) is 7.43. The highest BCUT2D eigenvalue weighted by Crippen LogP contribution is 2.33. The first-order chi connectivity index (χ1) is 13.8. The number of hydrogen-bond acceptors (Lipinski definition) is 5. The van der Waals surface area contributed by atoms with Crippen molar-refractivity contribution >= 4 is 16.7 Å². The van der Waals surface area contributed by atoms with E-state index in [-0.39, 0.29) is 0 Å². The number of methoxy groups -OCH3 is 1. The molecule has 2 aliphatic heterocycles. The zero-order chi connectivity index (χ0) is 18.9. The van der Waals surface area contributed by atoms with Crippen LogP contribution in [0.1, 0.15) is 25.7 Å². The van der Waals surface area contributed by atoms with Crippen LogP contribution in [0.4, 0.5) is 5.69 Å². The topological polar surface area (TPSA) is 55.2 Å². The van der Waals surface area contributed by atoms with E-state index < -0.39 is 0 Å². The van der Waals surface area contributed by atoms with E-state index in [4.69, 9.17) is 9.72 Å². The molecule has 6 heteroatoms. The van der Waals surface area contributed by atoms with Crippen LogP contribution in [0.15, 0.2) is 36.4 Å². The van der Waals surface area contributed by atoms with Gasteiger partial charge in [-0.1, -0.05) is 12.1 Å². The van der Waals surface area contributed by atoms with Crippen molar-refractivity contribution in [1.29, 1.82) is 0 Å². The van der Waals surface area contributed by atoms with E-state index in [1.165, 1.54) is 36.9 Å². The standard InChI is InChI=1S/C22H27N5O/c1-28-20-11-4-8-17(24-20)22-25-21-18(26-13-2-3-14-26)9-5-10-19(21)27(22)15-16-7-6-12-23-16/h4-5,8-11,16,23H,2-3,6-7,12-15H2,1H3/t16-/m1/s1. The SMILES string of the molecule is COc1cccc(-c2nc3c(N4CCCC4)cccc3n2C[C@H]2CCCN2)n1. The van der Waals surface area contributed by atoms with Crippen molar-refractivity contribution in [1.82, 2.24) is 19.9 Å². The smallest absolute Gasteiger partial charge is 0.213 e. The van der Waals surface area contributed by atoms with E-state index in [1.807, 2.05) is 18.2 Å². The van der Waals surface area contributed by atoms with Gasteiger partial charge in [-0.05, 0) is 50.4 Å². The van der Waals surface area contributed by atoms with Crippen molar-refractivity contribution in [2.75, 3.05) is 31.6 Å². The van der Waals surface area contributed by atoms with Crippen LogP contribution in [0.3, 0.4) is 0 Å². The lowest BCUT2D eigenvalue weighted by Crippen LogP contribution is -2.27. The van der Waals surface area contributed by atoms with E-state index in [2.05, 4.69) is 38.0 Å². The summed E-state index contributed by atoms with van der Waals surface area (Å²) < 4.78 is 7.71. The van der Waals surface area contributed by atoms with Crippen molar-refractivity contribution in [2.45, 2.75) is 38.3 Å². The molecule has 5 rings (SSSR count). The maximum Gasteiger partial charge on any atom is 0.213 e. The van der Waals surface area contributed by atoms with Gasteiger partial charge in [0.05, 0.1) is 18.3 Å². The fourth-order valence-electron chi connectivity index (χ4n) is 4.51. The van der Waals surface area contributed by atoms with Gasteiger partial charge in [0.15, 0.2) is 5.82 Å². The quantitative estimate of drug-likeness (QED) is 0.738. The van der Waals surface area contributed by atoms with Crippen LogP contribution in [0.25, 0.3) is 22.6 Å². The lowest BCUT2D eigenvalue weighted by molar-refractivity contribution is 0.398. The molecule has 0 spiro atoms. The van der Waals surface area contributed by atoms with Gasteiger partial charge in [-0.2, -0.15) is 0 Å². The fraction of sp³-hybridized carbons (Fsp3) is 0.455. The van der Waals surface area contributed by atoms with Gasteiger partial charge in [-0.3, -0.25) is 0 Å². The Kier molecular flexibility index (Phi) is 4.64. The van der Waals surface area contributed by atoms with E-state index in [9.17, 15) is 0 Å². The number of nitrogens with one attached hydrogen (secondary N) is 1. The molecule has 0 unspecified atom stereocenters. The predicted octanol–water partition coefficient (Wildman–Crippen LogP) is 3.46. The van der Waals surface area contributed by atoms with Gasteiger partial charge in [0.1, 0.15) is 11.2 Å². The maximum atomic E-state index is 5.36. The number of aromatic nitrogens is 3. The molecule has 1 atom stereocenters. The minimum Gasteiger partial charge on any atom is -0.481 e. The van der Waals surface area contributed by atoms with Crippen LogP contribution in [0.2, 0.25) is 0 Å². The molecule has 0 amide bonds. The van der Waals surface area contributed by atoms with Crippen molar-refractivity contribution in [3.05, 3.63) is 36.4 Å². The van der Waals surface area contributed by atoms with Gasteiger partial charge >= 0.3 is 0 Å². The molecular formula is C22H27N5O. The molecule has 1 N–H and O–H groups in total. The van der Waals surface area contributed by atoms with E-state index in [0.29, 0.717) is 11.9 Å². The largest absolute Gasteiger partial charge is 0.481 e. The lowest BCUT2D eigenvalue weighted by Gasteiger charge is -2.18. The Labute approximate surface area is 165 Å². The van der Waals surface area contributed by atoms with Crippen LogP contribution in [0, 0.1) is 0 Å². The summed E-state index contributed by atoms with van der Waals surface area (Å²) in [5, 5.41) is 3.63. The zero-order valence-electron chi connectivity index (χ0n) is 16.4. The number of anilines is 1. The highest BCUT2D eigenvalue weighted by Gasteiger charge is 2.23. The normalized spacial score (nSPS) is 19.6. The highest BCUT2D eigenvalue weighted by molar-refractivity contribution is 5.91. The number of fused-ring (bicyclic) bond motifs is 1. The Hall–Kier alpha value is -2.60. The Morgan fingerprint density at radius 1 is 1.07 bits per heavy atom. The third kappa shape index (κ3) is 3.11. The summed E-state index contributed by atoms with van der Waals surface area (Å²) in [6.45, 7) is 4.24. The first-order valence-electron chi connectivity index (χ1n) is 10.3. The zero-order valence-corrected chi connectivity index (χ0v) is 16.4. The molecule has 1 aromatic carbocycles. The number of hydrogen-bond donors (Lipinski definition) is 1. The number of ether oxygens (including phenoxy) is 1. The van der Waals surface area contributed by atoms with Gasteiger partial charge in [0.25, 0.3) is 0 Å². The molecule has 4 heterocycles. The summed E-state index contributed by atoms with van der Waals surface area (Å²) in [5.74, 6) is 1.55. The van der Waals surface area contributed by atoms with E-state index >= 15 is 0 Å². The minimum atomic E-state index is 0.484. The Bertz CT molecular complexity index is 970. The summed E-state index contributed by atoms with van der Waals surface area (Å²) in [5.41, 5.74) is 4.39. The summed E-state index contributed by atoms with van der Waals surface area (Å²) in [4.78, 5) is 12.3. The van der Waals surface area contributed by atoms with Crippen molar-refractivity contribution < 1.29 is 4.74 Å². The summed E-state index contributed by atoms with van der Waals surface area (Å²) in [6.07, 6.45) is 4.96. The van der Waals surface area contributed by atoms with Gasteiger partial charge in [-0.25, -0.2) is 9.97 Å².